The van der Waals surface area contributed by atoms with Crippen LogP contribution in [0.2, 0.25) is 0 Å². The molecule has 278 valence electrons. The van der Waals surface area contributed by atoms with Crippen LogP contribution in [0, 0.1) is 0 Å². The molecule has 1 saturated heterocycles. The van der Waals surface area contributed by atoms with Crippen LogP contribution in [0.15, 0.2) is 128 Å². The first kappa shape index (κ1) is 37.1. The van der Waals surface area contributed by atoms with Gasteiger partial charge in [0, 0.05) is 19.6 Å². The third-order valence-electron chi connectivity index (χ3n) is 10.5. The maximum absolute atomic E-state index is 11.1. The minimum atomic E-state index is -0.853. The molecule has 1 N–H and O–H groups in total. The second-order valence-corrected chi connectivity index (χ2v) is 14.4. The van der Waals surface area contributed by atoms with Crippen LogP contribution in [-0.4, -0.2) is 69.1 Å². The Bertz CT molecular complexity index is 1770. The first-order valence-electron chi connectivity index (χ1n) is 19.1. The molecule has 0 bridgehead atoms. The Labute approximate surface area is 313 Å². The lowest BCUT2D eigenvalue weighted by atomic mass is 9.92. The Hall–Kier alpha value is -4.22. The monoisotopic (exact) mass is 716 g/mol. The molecule has 4 atom stereocenters. The Morgan fingerprint density at radius 1 is 0.623 bits per heavy atom. The molecule has 1 saturated carbocycles. The number of aliphatic hydroxyl groups is 1. The molecule has 2 aliphatic rings. The maximum Gasteiger partial charge on any atom is 0.114 e. The van der Waals surface area contributed by atoms with Crippen molar-refractivity contribution in [1.82, 2.24) is 19.9 Å². The molecule has 53 heavy (non-hydrogen) atoms. The number of likely N-dealkylation sites (tertiary alicyclic amines) is 1. The topological polar surface area (TPSA) is 91.1 Å². The number of nitrogens with zero attached hydrogens (tertiary/aromatic N) is 4. The van der Waals surface area contributed by atoms with Gasteiger partial charge in [-0.1, -0.05) is 139 Å². The normalized spacial score (nSPS) is 21.5. The summed E-state index contributed by atoms with van der Waals surface area (Å²) < 4.78 is 29.0. The molecule has 2 heterocycles. The third-order valence-corrected chi connectivity index (χ3v) is 10.5. The van der Waals surface area contributed by atoms with Gasteiger partial charge in [0.25, 0.3) is 0 Å². The van der Waals surface area contributed by atoms with Crippen LogP contribution >= 0.6 is 0 Å². The molecule has 0 amide bonds. The first-order chi connectivity index (χ1) is 26.1. The van der Waals surface area contributed by atoms with Gasteiger partial charge in [0.15, 0.2) is 0 Å². The van der Waals surface area contributed by atoms with Gasteiger partial charge in [0.1, 0.15) is 23.5 Å². The van der Waals surface area contributed by atoms with E-state index in [1.807, 2.05) is 83.7 Å². The van der Waals surface area contributed by atoms with Gasteiger partial charge in [-0.15, -0.1) is 5.10 Å². The highest BCUT2D eigenvalue weighted by Crippen LogP contribution is 2.37. The second kappa shape index (κ2) is 18.7. The summed E-state index contributed by atoms with van der Waals surface area (Å²) in [6.45, 7) is 4.41. The lowest BCUT2D eigenvalue weighted by Gasteiger charge is -2.48. The van der Waals surface area contributed by atoms with E-state index < -0.39 is 5.60 Å². The molecule has 4 aromatic carbocycles. The smallest absolute Gasteiger partial charge is 0.114 e. The highest BCUT2D eigenvalue weighted by atomic mass is 16.6. The average molecular weight is 717 g/mol. The lowest BCUT2D eigenvalue weighted by molar-refractivity contribution is -0.210. The summed E-state index contributed by atoms with van der Waals surface area (Å²) in [6, 6.07) is 41.1. The standard InChI is InChI=1S/C44H52N4O5/c49-44(24-13-14-25-44)41-29-48(46-45-41)27-15-26-47-28-40(51-31-36-18-7-2-8-19-36)43(53-33-38-22-11-4-12-23-38)42(52-32-37-20-9-3-10-21-37)39(47)34-50-30-35-16-5-1-6-17-35/h1-12,16-23,29,39-40,42-43,49H,13-15,24-28,30-34H2/t39-,40+,42-,43-/m1/s1. The van der Waals surface area contributed by atoms with E-state index in [1.54, 1.807) is 0 Å². The number of piperidine rings is 1. The maximum atomic E-state index is 11.1. The molecule has 9 nitrogen and oxygen atoms in total. The van der Waals surface area contributed by atoms with Gasteiger partial charge < -0.3 is 24.1 Å². The Balaban J connectivity index is 1.14. The van der Waals surface area contributed by atoms with Crippen molar-refractivity contribution in [2.45, 2.75) is 95.0 Å². The number of hydrogen-bond acceptors (Lipinski definition) is 8. The fourth-order valence-corrected chi connectivity index (χ4v) is 7.58. The van der Waals surface area contributed by atoms with E-state index in [-0.39, 0.29) is 24.4 Å². The van der Waals surface area contributed by atoms with Gasteiger partial charge in [-0.2, -0.15) is 0 Å². The van der Waals surface area contributed by atoms with Gasteiger partial charge in [-0.25, -0.2) is 0 Å². The molecule has 1 aromatic heterocycles. The van der Waals surface area contributed by atoms with Gasteiger partial charge in [0.05, 0.1) is 51.4 Å². The Morgan fingerprint density at radius 3 is 1.70 bits per heavy atom. The molecule has 0 unspecified atom stereocenters. The van der Waals surface area contributed by atoms with Crippen molar-refractivity contribution in [1.29, 1.82) is 0 Å². The van der Waals surface area contributed by atoms with Crippen molar-refractivity contribution in [3.8, 4) is 0 Å². The van der Waals surface area contributed by atoms with Crippen LogP contribution in [0.5, 0.6) is 0 Å². The summed E-state index contributed by atoms with van der Waals surface area (Å²) in [4.78, 5) is 2.46. The summed E-state index contributed by atoms with van der Waals surface area (Å²) in [5, 5.41) is 19.9. The van der Waals surface area contributed by atoms with Crippen LogP contribution in [0.3, 0.4) is 0 Å². The van der Waals surface area contributed by atoms with Crippen LogP contribution in [0.25, 0.3) is 0 Å². The predicted molar refractivity (Wildman–Crippen MR) is 204 cm³/mol. The van der Waals surface area contributed by atoms with Crippen LogP contribution < -0.4 is 0 Å². The zero-order valence-electron chi connectivity index (χ0n) is 30.5. The fourth-order valence-electron chi connectivity index (χ4n) is 7.58. The van der Waals surface area contributed by atoms with Gasteiger partial charge in [0.2, 0.25) is 0 Å². The van der Waals surface area contributed by atoms with Crippen molar-refractivity contribution in [2.24, 2.45) is 0 Å². The molecule has 5 aromatic rings. The highest BCUT2D eigenvalue weighted by molar-refractivity contribution is 5.17. The number of aryl methyl sites for hydroxylation is 1. The van der Waals surface area contributed by atoms with Gasteiger partial charge in [-0.05, 0) is 41.5 Å². The fraction of sp³-hybridized carbons (Fsp3) is 0.409. The van der Waals surface area contributed by atoms with Crippen molar-refractivity contribution in [3.05, 3.63) is 155 Å². The largest absolute Gasteiger partial charge is 0.383 e. The molecule has 1 aliphatic carbocycles. The van der Waals surface area contributed by atoms with E-state index in [0.717, 1.165) is 60.9 Å². The lowest BCUT2D eigenvalue weighted by Crippen LogP contribution is -2.64. The number of benzene rings is 4. The Kier molecular flexibility index (Phi) is 13.1. The number of rotatable bonds is 18. The van der Waals surface area contributed by atoms with Crippen LogP contribution in [0.1, 0.15) is 60.1 Å². The average Bonchev–Trinajstić information content (AvgIpc) is 3.88. The number of ether oxygens (including phenoxy) is 4. The second-order valence-electron chi connectivity index (χ2n) is 14.4. The summed E-state index contributed by atoms with van der Waals surface area (Å²) in [5.74, 6) is 0. The highest BCUT2D eigenvalue weighted by Gasteiger charge is 2.46. The molecular weight excluding hydrogens is 665 g/mol. The third kappa shape index (κ3) is 10.3. The zero-order chi connectivity index (χ0) is 36.1. The van der Waals surface area contributed by atoms with E-state index in [1.165, 1.54) is 0 Å². The van der Waals surface area contributed by atoms with Crippen molar-refractivity contribution in [2.75, 3.05) is 19.7 Å². The number of aromatic nitrogens is 3. The number of hydrogen-bond donors (Lipinski definition) is 1. The van der Waals surface area contributed by atoms with Crippen molar-refractivity contribution in [3.63, 3.8) is 0 Å². The summed E-state index contributed by atoms with van der Waals surface area (Å²) in [6.07, 6.45) is 5.30. The van der Waals surface area contributed by atoms with E-state index in [9.17, 15) is 5.11 Å². The molecule has 9 heteroatoms. The first-order valence-corrected chi connectivity index (χ1v) is 19.1. The van der Waals surface area contributed by atoms with E-state index in [4.69, 9.17) is 18.9 Å². The zero-order valence-corrected chi connectivity index (χ0v) is 30.5. The summed E-state index contributed by atoms with van der Waals surface area (Å²) in [7, 11) is 0. The van der Waals surface area contributed by atoms with Crippen LogP contribution in [-0.2, 0) is 57.5 Å². The van der Waals surface area contributed by atoms with E-state index in [0.29, 0.717) is 51.8 Å². The van der Waals surface area contributed by atoms with E-state index >= 15 is 0 Å². The summed E-state index contributed by atoms with van der Waals surface area (Å²) in [5.41, 5.74) is 4.27. The molecule has 7 rings (SSSR count). The molecule has 0 spiro atoms. The van der Waals surface area contributed by atoms with Crippen molar-refractivity contribution >= 4 is 0 Å². The minimum absolute atomic E-state index is 0.106. The predicted octanol–water partition coefficient (Wildman–Crippen LogP) is 7.09. The minimum Gasteiger partial charge on any atom is -0.383 e. The Morgan fingerprint density at radius 2 is 1.13 bits per heavy atom. The molecule has 0 radical (unpaired) electrons. The molecule has 1 aliphatic heterocycles. The van der Waals surface area contributed by atoms with Crippen molar-refractivity contribution < 1.29 is 24.1 Å². The quantitative estimate of drug-likeness (QED) is 0.103. The van der Waals surface area contributed by atoms with Crippen LogP contribution in [0.4, 0.5) is 0 Å². The molecular formula is C44H52N4O5. The van der Waals surface area contributed by atoms with Gasteiger partial charge in [-0.3, -0.25) is 9.58 Å². The SMILES string of the molecule is OC1(c2cn(CCCN3C[C@H](OCc4ccccc4)[C@@H](OCc4ccccc4)[C@H](OCc4ccccc4)[C@H]3COCc3ccccc3)nn2)CCCC1. The summed E-state index contributed by atoms with van der Waals surface area (Å²) >= 11 is 0. The molecule has 2 fully saturated rings. The van der Waals surface area contributed by atoms with E-state index in [2.05, 4.69) is 63.7 Å². The van der Waals surface area contributed by atoms with Gasteiger partial charge >= 0.3 is 0 Å².